The molecule has 0 aliphatic heterocycles. The molecule has 1 aromatic rings. The van der Waals surface area contributed by atoms with Crippen molar-refractivity contribution in [3.63, 3.8) is 0 Å². The molecule has 0 spiro atoms. The monoisotopic (exact) mass is 227 g/mol. The topological polar surface area (TPSA) is 96.7 Å². The van der Waals surface area contributed by atoms with E-state index in [0.29, 0.717) is 6.54 Å². The lowest BCUT2D eigenvalue weighted by Crippen LogP contribution is -2.32. The minimum atomic E-state index is -0.250. The molecule has 82 valence electrons. The standard InChI is InChI=1S/C8H13N5OS/c1-15-8(2-3-8)4-10-6(14)5-11-7(9)13-12-5/h2-4H2,1H3,(H,10,14)(H3,9,11,12,13). The van der Waals surface area contributed by atoms with Gasteiger partial charge in [0, 0.05) is 11.3 Å². The molecular formula is C8H13N5OS. The molecule has 0 atom stereocenters. The third-order valence-electron chi connectivity index (χ3n) is 2.53. The van der Waals surface area contributed by atoms with Crippen LogP contribution >= 0.6 is 11.8 Å². The summed E-state index contributed by atoms with van der Waals surface area (Å²) in [5.74, 6) is 0.00933. The Morgan fingerprint density at radius 2 is 2.47 bits per heavy atom. The fourth-order valence-corrected chi connectivity index (χ4v) is 2.02. The summed E-state index contributed by atoms with van der Waals surface area (Å²) in [6.07, 6.45) is 4.38. The molecule has 7 heteroatoms. The lowest BCUT2D eigenvalue weighted by molar-refractivity contribution is 0.0943. The summed E-state index contributed by atoms with van der Waals surface area (Å²) in [5, 5.41) is 8.89. The maximum Gasteiger partial charge on any atom is 0.288 e. The first-order chi connectivity index (χ1) is 7.15. The first kappa shape index (κ1) is 10.3. The zero-order valence-corrected chi connectivity index (χ0v) is 9.23. The molecule has 2 rings (SSSR count). The number of nitrogens with one attached hydrogen (secondary N) is 2. The van der Waals surface area contributed by atoms with Crippen LogP contribution in [-0.2, 0) is 0 Å². The number of hydrogen-bond donors (Lipinski definition) is 3. The van der Waals surface area contributed by atoms with E-state index in [4.69, 9.17) is 5.73 Å². The number of H-pyrrole nitrogens is 1. The number of carbonyl (C=O) groups excluding carboxylic acids is 1. The molecule has 1 fully saturated rings. The van der Waals surface area contributed by atoms with E-state index in [1.807, 2.05) is 0 Å². The third-order valence-corrected chi connectivity index (χ3v) is 3.95. The van der Waals surface area contributed by atoms with Crippen LogP contribution in [0.1, 0.15) is 23.5 Å². The van der Waals surface area contributed by atoms with Gasteiger partial charge in [-0.25, -0.2) is 0 Å². The second-order valence-electron chi connectivity index (χ2n) is 3.61. The number of amides is 1. The van der Waals surface area contributed by atoms with E-state index in [9.17, 15) is 4.79 Å². The molecule has 0 unspecified atom stereocenters. The molecule has 1 heterocycles. The number of aromatic nitrogens is 3. The number of thioether (sulfide) groups is 1. The second kappa shape index (κ2) is 3.73. The lowest BCUT2D eigenvalue weighted by atomic mass is 10.4. The van der Waals surface area contributed by atoms with Gasteiger partial charge in [0.25, 0.3) is 5.91 Å². The predicted octanol–water partition coefficient (Wildman–Crippen LogP) is 0.0123. The first-order valence-corrected chi connectivity index (χ1v) is 5.89. The first-order valence-electron chi connectivity index (χ1n) is 4.66. The van der Waals surface area contributed by atoms with Gasteiger partial charge in [-0.2, -0.15) is 16.7 Å². The van der Waals surface area contributed by atoms with Gasteiger partial charge in [-0.3, -0.25) is 9.89 Å². The van der Waals surface area contributed by atoms with Crippen LogP contribution in [0.25, 0.3) is 0 Å². The van der Waals surface area contributed by atoms with Crippen molar-refractivity contribution in [2.45, 2.75) is 17.6 Å². The fourth-order valence-electron chi connectivity index (χ4n) is 1.29. The van der Waals surface area contributed by atoms with Crippen molar-refractivity contribution in [1.82, 2.24) is 20.5 Å². The number of nitrogens with zero attached hydrogens (tertiary/aromatic N) is 2. The van der Waals surface area contributed by atoms with Gasteiger partial charge in [0.1, 0.15) is 0 Å². The normalized spacial score (nSPS) is 17.4. The van der Waals surface area contributed by atoms with Gasteiger partial charge in [-0.15, -0.1) is 5.10 Å². The largest absolute Gasteiger partial charge is 0.366 e. The Morgan fingerprint density at radius 3 is 2.93 bits per heavy atom. The fraction of sp³-hybridized carbons (Fsp3) is 0.625. The summed E-state index contributed by atoms with van der Waals surface area (Å²) in [7, 11) is 0. The van der Waals surface area contributed by atoms with Crippen LogP contribution in [0.3, 0.4) is 0 Å². The van der Waals surface area contributed by atoms with Gasteiger partial charge in [0.2, 0.25) is 11.8 Å². The average molecular weight is 227 g/mol. The highest BCUT2D eigenvalue weighted by atomic mass is 32.2. The molecular weight excluding hydrogens is 214 g/mol. The van der Waals surface area contributed by atoms with Crippen molar-refractivity contribution in [1.29, 1.82) is 0 Å². The molecule has 15 heavy (non-hydrogen) atoms. The van der Waals surface area contributed by atoms with Crippen molar-refractivity contribution in [2.24, 2.45) is 0 Å². The van der Waals surface area contributed by atoms with Gasteiger partial charge in [-0.1, -0.05) is 0 Å². The van der Waals surface area contributed by atoms with Gasteiger partial charge >= 0.3 is 0 Å². The minimum Gasteiger partial charge on any atom is -0.366 e. The molecule has 1 saturated carbocycles. The van der Waals surface area contributed by atoms with Gasteiger partial charge in [0.05, 0.1) is 0 Å². The van der Waals surface area contributed by atoms with Crippen LogP contribution in [0.5, 0.6) is 0 Å². The zero-order chi connectivity index (χ0) is 10.9. The maximum atomic E-state index is 11.5. The summed E-state index contributed by atoms with van der Waals surface area (Å²) < 4.78 is 0.251. The Bertz CT molecular complexity index is 373. The summed E-state index contributed by atoms with van der Waals surface area (Å²) >= 11 is 1.79. The smallest absolute Gasteiger partial charge is 0.288 e. The Kier molecular flexibility index (Phi) is 2.56. The SMILES string of the molecule is CSC1(CNC(=O)c2nc(N)n[nH]2)CC1. The van der Waals surface area contributed by atoms with E-state index >= 15 is 0 Å². The molecule has 0 aromatic carbocycles. The molecule has 0 saturated heterocycles. The van der Waals surface area contributed by atoms with E-state index in [0.717, 1.165) is 12.8 Å². The van der Waals surface area contributed by atoms with Gasteiger partial charge in [0.15, 0.2) is 0 Å². The van der Waals surface area contributed by atoms with Crippen LogP contribution in [0, 0.1) is 0 Å². The molecule has 4 N–H and O–H groups in total. The van der Waals surface area contributed by atoms with E-state index in [2.05, 4.69) is 26.8 Å². The van der Waals surface area contributed by atoms with Crippen molar-refractivity contribution >= 4 is 23.6 Å². The number of nitrogen functional groups attached to an aromatic ring is 1. The summed E-state index contributed by atoms with van der Waals surface area (Å²) in [5.41, 5.74) is 5.30. The number of hydrogen-bond acceptors (Lipinski definition) is 5. The van der Waals surface area contributed by atoms with Crippen LogP contribution < -0.4 is 11.1 Å². The Hall–Kier alpha value is -1.24. The molecule has 1 amide bonds. The van der Waals surface area contributed by atoms with Crippen molar-refractivity contribution in [3.05, 3.63) is 5.82 Å². The van der Waals surface area contributed by atoms with Crippen molar-refractivity contribution < 1.29 is 4.79 Å². The average Bonchev–Trinajstić information content (AvgIpc) is 2.90. The highest BCUT2D eigenvalue weighted by Crippen LogP contribution is 2.46. The highest BCUT2D eigenvalue weighted by Gasteiger charge is 2.42. The Balaban J connectivity index is 1.88. The lowest BCUT2D eigenvalue weighted by Gasteiger charge is -2.11. The van der Waals surface area contributed by atoms with Crippen LogP contribution in [0.4, 0.5) is 5.95 Å². The Morgan fingerprint density at radius 1 is 1.73 bits per heavy atom. The highest BCUT2D eigenvalue weighted by molar-refractivity contribution is 8.00. The summed E-state index contributed by atoms with van der Waals surface area (Å²) in [6, 6.07) is 0. The Labute approximate surface area is 91.4 Å². The summed E-state index contributed by atoms with van der Waals surface area (Å²) in [4.78, 5) is 15.3. The minimum absolute atomic E-state index is 0.0890. The van der Waals surface area contributed by atoms with Crippen molar-refractivity contribution in [3.8, 4) is 0 Å². The molecule has 1 aromatic heterocycles. The van der Waals surface area contributed by atoms with Gasteiger partial charge in [-0.05, 0) is 19.1 Å². The van der Waals surface area contributed by atoms with Crippen LogP contribution in [0.2, 0.25) is 0 Å². The van der Waals surface area contributed by atoms with E-state index in [1.165, 1.54) is 0 Å². The maximum absolute atomic E-state index is 11.5. The van der Waals surface area contributed by atoms with E-state index in [-0.39, 0.29) is 22.4 Å². The molecule has 1 aliphatic rings. The van der Waals surface area contributed by atoms with Crippen molar-refractivity contribution in [2.75, 3.05) is 18.5 Å². The number of nitrogens with two attached hydrogens (primary N) is 1. The summed E-state index contributed by atoms with van der Waals surface area (Å²) in [6.45, 7) is 0.674. The molecule has 0 bridgehead atoms. The quantitative estimate of drug-likeness (QED) is 0.673. The molecule has 6 nitrogen and oxygen atoms in total. The van der Waals surface area contributed by atoms with Crippen LogP contribution in [0.15, 0.2) is 0 Å². The predicted molar refractivity (Wildman–Crippen MR) is 58.6 cm³/mol. The third kappa shape index (κ3) is 2.23. The van der Waals surface area contributed by atoms with E-state index in [1.54, 1.807) is 11.8 Å². The number of aromatic amines is 1. The van der Waals surface area contributed by atoms with Crippen LogP contribution in [-0.4, -0.2) is 38.6 Å². The number of anilines is 1. The number of rotatable bonds is 4. The number of carbonyl (C=O) groups is 1. The van der Waals surface area contributed by atoms with E-state index < -0.39 is 0 Å². The molecule has 1 aliphatic carbocycles. The van der Waals surface area contributed by atoms with Gasteiger partial charge < -0.3 is 11.1 Å². The molecule has 0 radical (unpaired) electrons. The zero-order valence-electron chi connectivity index (χ0n) is 8.41. The second-order valence-corrected chi connectivity index (χ2v) is 4.89.